The number of para-hydroxylation sites is 1. The van der Waals surface area contributed by atoms with Crippen LogP contribution in [0.4, 0.5) is 5.69 Å². The summed E-state index contributed by atoms with van der Waals surface area (Å²) in [6.45, 7) is 7.94. The van der Waals surface area contributed by atoms with Crippen LogP contribution in [0.15, 0.2) is 38.2 Å². The first-order chi connectivity index (χ1) is 15.0. The lowest BCUT2D eigenvalue weighted by Gasteiger charge is -2.25. The fraction of sp³-hybridized carbons (Fsp3) is 0.429. The molecule has 1 saturated heterocycles. The second kappa shape index (κ2) is 9.80. The van der Waals surface area contributed by atoms with E-state index in [1.165, 1.54) is 4.90 Å². The Hall–Kier alpha value is -2.43. The van der Waals surface area contributed by atoms with Crippen molar-refractivity contribution < 1.29 is 9.05 Å². The van der Waals surface area contributed by atoms with Gasteiger partial charge in [0.25, 0.3) is 5.89 Å². The Morgan fingerprint density at radius 3 is 2.74 bits per heavy atom. The maximum Gasteiger partial charge on any atom is 0.263 e. The number of aromatic nitrogens is 3. The van der Waals surface area contributed by atoms with Gasteiger partial charge < -0.3 is 19.3 Å². The van der Waals surface area contributed by atoms with Gasteiger partial charge >= 0.3 is 0 Å². The number of hydrogen-bond acceptors (Lipinski definition) is 8. The molecule has 2 aromatic heterocycles. The molecule has 1 aromatic carbocycles. The normalized spacial score (nSPS) is 15.1. The zero-order valence-corrected chi connectivity index (χ0v) is 19.6. The first-order valence-electron chi connectivity index (χ1n) is 10.2. The predicted octanol–water partition coefficient (Wildman–Crippen LogP) is 3.97. The number of benzene rings is 1. The van der Waals surface area contributed by atoms with Crippen molar-refractivity contribution in [2.45, 2.75) is 31.7 Å². The Morgan fingerprint density at radius 1 is 1.13 bits per heavy atom. The molecular weight excluding hydrogens is 432 g/mol. The molecule has 0 aliphatic carbocycles. The van der Waals surface area contributed by atoms with Gasteiger partial charge in [-0.25, -0.2) is 0 Å². The summed E-state index contributed by atoms with van der Waals surface area (Å²) in [6, 6.07) is 8.23. The summed E-state index contributed by atoms with van der Waals surface area (Å²) in [5, 5.41) is 12.3. The summed E-state index contributed by atoms with van der Waals surface area (Å²) >= 11 is 7.41. The molecule has 1 fully saturated rings. The number of nitrogens with one attached hydrogen (secondary N) is 1. The Labute approximate surface area is 191 Å². The van der Waals surface area contributed by atoms with Crippen LogP contribution < -0.4 is 5.32 Å². The largest absolute Gasteiger partial charge is 0.361 e. The van der Waals surface area contributed by atoms with Gasteiger partial charge in [-0.1, -0.05) is 22.4 Å². The van der Waals surface area contributed by atoms with E-state index >= 15 is 0 Å². The Morgan fingerprint density at radius 2 is 1.97 bits per heavy atom. The molecule has 4 rings (SSSR count). The molecule has 0 radical (unpaired) electrons. The SMILES string of the molecule is CSc1ccccc1NC(=S)N1CCCN(Cc2noc(-c3c(C)noc3C)n2)CC1. The monoisotopic (exact) mass is 458 g/mol. The van der Waals surface area contributed by atoms with Gasteiger partial charge in [-0.05, 0) is 50.9 Å². The van der Waals surface area contributed by atoms with Gasteiger partial charge in [-0.3, -0.25) is 4.90 Å². The van der Waals surface area contributed by atoms with Crippen molar-refractivity contribution in [3.8, 4) is 11.5 Å². The lowest BCUT2D eigenvalue weighted by atomic mass is 10.2. The first-order valence-corrected chi connectivity index (χ1v) is 11.9. The van der Waals surface area contributed by atoms with E-state index in [9.17, 15) is 0 Å². The molecule has 1 aliphatic heterocycles. The topological polar surface area (TPSA) is 83.5 Å². The zero-order chi connectivity index (χ0) is 21.8. The van der Waals surface area contributed by atoms with Crippen LogP contribution in [0.2, 0.25) is 0 Å². The van der Waals surface area contributed by atoms with Crippen molar-refractivity contribution in [2.24, 2.45) is 0 Å². The standard InChI is InChI=1S/C21H26N6O2S2/c1-14-19(15(2)28-24-14)20-23-18(25-29-20)13-26-9-6-10-27(12-11-26)21(30)22-16-7-4-5-8-17(16)31-3/h4-5,7-8H,6,9-13H2,1-3H3,(H,22,30). The lowest BCUT2D eigenvalue weighted by molar-refractivity contribution is 0.266. The second-order valence-corrected chi connectivity index (χ2v) is 8.70. The van der Waals surface area contributed by atoms with Gasteiger partial charge in [0.1, 0.15) is 11.3 Å². The van der Waals surface area contributed by atoms with Crippen molar-refractivity contribution in [3.05, 3.63) is 41.5 Å². The highest BCUT2D eigenvalue weighted by Gasteiger charge is 2.21. The summed E-state index contributed by atoms with van der Waals surface area (Å²) < 4.78 is 10.7. The van der Waals surface area contributed by atoms with Crippen LogP contribution >= 0.6 is 24.0 Å². The Balaban J connectivity index is 1.35. The van der Waals surface area contributed by atoms with Crippen molar-refractivity contribution in [1.82, 2.24) is 25.1 Å². The summed E-state index contributed by atoms with van der Waals surface area (Å²) in [5.74, 6) is 1.81. The van der Waals surface area contributed by atoms with Crippen LogP contribution in [0.1, 0.15) is 23.7 Å². The molecule has 10 heteroatoms. The van der Waals surface area contributed by atoms with E-state index in [0.29, 0.717) is 24.0 Å². The Bertz CT molecular complexity index is 1030. The van der Waals surface area contributed by atoms with Gasteiger partial charge in [-0.15, -0.1) is 11.8 Å². The lowest BCUT2D eigenvalue weighted by Crippen LogP contribution is -2.38. The van der Waals surface area contributed by atoms with E-state index in [2.05, 4.69) is 48.8 Å². The maximum atomic E-state index is 5.70. The van der Waals surface area contributed by atoms with Crippen LogP contribution in [0, 0.1) is 13.8 Å². The molecule has 3 heterocycles. The highest BCUT2D eigenvalue weighted by atomic mass is 32.2. The molecule has 3 aromatic rings. The van der Waals surface area contributed by atoms with Crippen LogP contribution in [-0.2, 0) is 6.54 Å². The summed E-state index contributed by atoms with van der Waals surface area (Å²) in [5.41, 5.74) is 2.59. The van der Waals surface area contributed by atoms with E-state index in [0.717, 1.165) is 54.7 Å². The summed E-state index contributed by atoms with van der Waals surface area (Å²) in [7, 11) is 0. The number of rotatable bonds is 5. The molecule has 0 saturated carbocycles. The fourth-order valence-corrected chi connectivity index (χ4v) is 4.53. The third-order valence-corrected chi connectivity index (χ3v) is 6.46. The number of hydrogen-bond donors (Lipinski definition) is 1. The van der Waals surface area contributed by atoms with E-state index in [-0.39, 0.29) is 0 Å². The minimum atomic E-state index is 0.459. The van der Waals surface area contributed by atoms with Crippen LogP contribution in [0.3, 0.4) is 0 Å². The van der Waals surface area contributed by atoms with Gasteiger partial charge in [0.05, 0.1) is 17.9 Å². The summed E-state index contributed by atoms with van der Waals surface area (Å²) in [6.07, 6.45) is 3.09. The smallest absolute Gasteiger partial charge is 0.263 e. The zero-order valence-electron chi connectivity index (χ0n) is 17.9. The second-order valence-electron chi connectivity index (χ2n) is 7.46. The van der Waals surface area contributed by atoms with Gasteiger partial charge in [0.2, 0.25) is 0 Å². The Kier molecular flexibility index (Phi) is 6.89. The molecule has 0 amide bonds. The molecule has 1 aliphatic rings. The minimum Gasteiger partial charge on any atom is -0.361 e. The number of thioether (sulfide) groups is 1. The number of thiocarbonyl (C=S) groups is 1. The fourth-order valence-electron chi connectivity index (χ4n) is 3.68. The number of aryl methyl sites for hydroxylation is 2. The maximum absolute atomic E-state index is 5.70. The van der Waals surface area contributed by atoms with Crippen molar-refractivity contribution >= 4 is 34.8 Å². The van der Waals surface area contributed by atoms with E-state index in [1.54, 1.807) is 11.8 Å². The van der Waals surface area contributed by atoms with Crippen molar-refractivity contribution in [1.29, 1.82) is 0 Å². The van der Waals surface area contributed by atoms with E-state index in [4.69, 9.17) is 21.3 Å². The van der Waals surface area contributed by atoms with Gasteiger partial charge in [0, 0.05) is 31.1 Å². The molecule has 8 nitrogen and oxygen atoms in total. The third kappa shape index (κ3) is 5.08. The number of nitrogens with zero attached hydrogens (tertiary/aromatic N) is 5. The minimum absolute atomic E-state index is 0.459. The molecule has 0 bridgehead atoms. The molecule has 31 heavy (non-hydrogen) atoms. The molecule has 0 spiro atoms. The predicted molar refractivity (Wildman–Crippen MR) is 125 cm³/mol. The third-order valence-electron chi connectivity index (χ3n) is 5.30. The molecule has 0 unspecified atom stereocenters. The summed E-state index contributed by atoms with van der Waals surface area (Å²) in [4.78, 5) is 10.3. The van der Waals surface area contributed by atoms with E-state index < -0.39 is 0 Å². The van der Waals surface area contributed by atoms with Crippen molar-refractivity contribution in [2.75, 3.05) is 37.8 Å². The van der Waals surface area contributed by atoms with Gasteiger partial charge in [-0.2, -0.15) is 4.98 Å². The average Bonchev–Trinajstić information content (AvgIpc) is 3.26. The molecule has 1 N–H and O–H groups in total. The van der Waals surface area contributed by atoms with Crippen molar-refractivity contribution in [3.63, 3.8) is 0 Å². The molecule has 0 atom stereocenters. The molecule has 164 valence electrons. The average molecular weight is 459 g/mol. The van der Waals surface area contributed by atoms with Crippen LogP contribution in [0.5, 0.6) is 0 Å². The highest BCUT2D eigenvalue weighted by molar-refractivity contribution is 7.98. The quantitative estimate of drug-likeness (QED) is 0.448. The van der Waals surface area contributed by atoms with Crippen LogP contribution in [-0.4, -0.2) is 62.6 Å². The van der Waals surface area contributed by atoms with E-state index in [1.807, 2.05) is 26.0 Å². The number of anilines is 1. The first kappa shape index (κ1) is 21.8. The highest BCUT2D eigenvalue weighted by Crippen LogP contribution is 2.26. The van der Waals surface area contributed by atoms with Crippen LogP contribution in [0.25, 0.3) is 11.5 Å². The molecular formula is C21H26N6O2S2. The van der Waals surface area contributed by atoms with Gasteiger partial charge in [0.15, 0.2) is 10.9 Å².